The molecule has 0 N–H and O–H groups in total. The SMILES string of the molecule is CC([O])c1ccccc1C(F)(F)C(F)(F)C(F)(F)F. The number of hydrogen-bond acceptors (Lipinski definition) is 0. The number of alkyl halides is 7. The lowest BCUT2D eigenvalue weighted by atomic mass is 9.94. The first kappa shape index (κ1) is 15.7. The first-order valence-electron chi connectivity index (χ1n) is 5.00. The van der Waals surface area contributed by atoms with E-state index >= 15 is 0 Å². The molecule has 0 spiro atoms. The van der Waals surface area contributed by atoms with E-state index in [1.807, 2.05) is 0 Å². The average Bonchev–Trinajstić information content (AvgIpc) is 2.27. The lowest BCUT2D eigenvalue weighted by Gasteiger charge is -2.30. The van der Waals surface area contributed by atoms with Crippen LogP contribution in [-0.2, 0) is 11.0 Å². The molecule has 107 valence electrons. The highest BCUT2D eigenvalue weighted by Crippen LogP contribution is 2.52. The van der Waals surface area contributed by atoms with Crippen LogP contribution in [0.2, 0.25) is 0 Å². The van der Waals surface area contributed by atoms with Crippen molar-refractivity contribution in [1.29, 1.82) is 0 Å². The summed E-state index contributed by atoms with van der Waals surface area (Å²) in [6.07, 6.45) is -8.28. The molecule has 1 unspecified atom stereocenters. The van der Waals surface area contributed by atoms with Gasteiger partial charge in [0.25, 0.3) is 0 Å². The fourth-order valence-corrected chi connectivity index (χ4v) is 1.48. The smallest absolute Gasteiger partial charge is 0.228 e. The summed E-state index contributed by atoms with van der Waals surface area (Å²) in [7, 11) is 0. The van der Waals surface area contributed by atoms with Gasteiger partial charge in [0.1, 0.15) is 6.10 Å². The topological polar surface area (TPSA) is 19.9 Å². The van der Waals surface area contributed by atoms with Crippen LogP contribution in [0, 0.1) is 0 Å². The zero-order chi connectivity index (χ0) is 15.1. The van der Waals surface area contributed by atoms with Gasteiger partial charge < -0.3 is 0 Å². The van der Waals surface area contributed by atoms with Crippen LogP contribution in [0.1, 0.15) is 24.2 Å². The molecule has 0 amide bonds. The summed E-state index contributed by atoms with van der Waals surface area (Å²) >= 11 is 0. The van der Waals surface area contributed by atoms with Gasteiger partial charge in [-0.15, -0.1) is 0 Å². The molecule has 0 fully saturated rings. The molecule has 0 saturated heterocycles. The lowest BCUT2D eigenvalue weighted by Crippen LogP contribution is -2.50. The predicted molar refractivity (Wildman–Crippen MR) is 50.4 cm³/mol. The Bertz CT molecular complexity index is 451. The Morgan fingerprint density at radius 1 is 0.947 bits per heavy atom. The van der Waals surface area contributed by atoms with Crippen molar-refractivity contribution in [2.24, 2.45) is 0 Å². The van der Waals surface area contributed by atoms with E-state index in [2.05, 4.69) is 0 Å². The molecule has 1 radical (unpaired) electrons. The van der Waals surface area contributed by atoms with Crippen molar-refractivity contribution in [3.05, 3.63) is 35.4 Å². The molecule has 0 heterocycles. The molecule has 0 saturated carbocycles. The second-order valence-corrected chi connectivity index (χ2v) is 3.88. The van der Waals surface area contributed by atoms with E-state index in [1.54, 1.807) is 0 Å². The zero-order valence-electron chi connectivity index (χ0n) is 9.44. The normalized spacial score (nSPS) is 15.4. The van der Waals surface area contributed by atoms with Gasteiger partial charge in [-0.05, 0) is 12.5 Å². The van der Waals surface area contributed by atoms with Crippen LogP contribution in [0.3, 0.4) is 0 Å². The van der Waals surface area contributed by atoms with E-state index in [1.165, 1.54) is 0 Å². The molecule has 1 aromatic carbocycles. The van der Waals surface area contributed by atoms with Crippen molar-refractivity contribution in [2.45, 2.75) is 31.0 Å². The van der Waals surface area contributed by atoms with E-state index in [0.29, 0.717) is 6.07 Å². The van der Waals surface area contributed by atoms with Crippen LogP contribution >= 0.6 is 0 Å². The van der Waals surface area contributed by atoms with Crippen molar-refractivity contribution in [3.63, 3.8) is 0 Å². The fourth-order valence-electron chi connectivity index (χ4n) is 1.48. The summed E-state index contributed by atoms with van der Waals surface area (Å²) in [5.74, 6) is -11.8. The third-order valence-corrected chi connectivity index (χ3v) is 2.49. The van der Waals surface area contributed by atoms with Crippen LogP contribution in [0.4, 0.5) is 30.7 Å². The Morgan fingerprint density at radius 3 is 1.84 bits per heavy atom. The van der Waals surface area contributed by atoms with E-state index in [-0.39, 0.29) is 0 Å². The van der Waals surface area contributed by atoms with Crippen molar-refractivity contribution in [1.82, 2.24) is 0 Å². The van der Waals surface area contributed by atoms with E-state index < -0.39 is 35.3 Å². The molecule has 19 heavy (non-hydrogen) atoms. The molecule has 0 aliphatic carbocycles. The average molecular weight is 289 g/mol. The maximum absolute atomic E-state index is 13.4. The second-order valence-electron chi connectivity index (χ2n) is 3.88. The van der Waals surface area contributed by atoms with E-state index in [4.69, 9.17) is 0 Å². The highest BCUT2D eigenvalue weighted by Gasteiger charge is 2.73. The summed E-state index contributed by atoms with van der Waals surface area (Å²) in [4.78, 5) is 0. The minimum absolute atomic E-state index is 0.392. The van der Waals surface area contributed by atoms with Crippen molar-refractivity contribution in [3.8, 4) is 0 Å². The highest BCUT2D eigenvalue weighted by atomic mass is 19.4. The number of rotatable bonds is 3. The standard InChI is InChI=1S/C11H8F7O/c1-6(19)7-4-2-3-5-8(7)9(12,13)10(14,15)11(16,17)18/h2-6H,1H3. The molecule has 1 atom stereocenters. The minimum Gasteiger partial charge on any atom is -0.228 e. The van der Waals surface area contributed by atoms with Gasteiger partial charge in [-0.2, -0.15) is 30.7 Å². The van der Waals surface area contributed by atoms with Crippen molar-refractivity contribution < 1.29 is 35.8 Å². The van der Waals surface area contributed by atoms with Gasteiger partial charge in [0, 0.05) is 5.56 Å². The van der Waals surface area contributed by atoms with E-state index in [9.17, 15) is 35.8 Å². The Morgan fingerprint density at radius 2 is 1.42 bits per heavy atom. The molecule has 0 aliphatic heterocycles. The monoisotopic (exact) mass is 289 g/mol. The maximum atomic E-state index is 13.4. The van der Waals surface area contributed by atoms with Gasteiger partial charge in [0.05, 0.1) is 0 Å². The largest absolute Gasteiger partial charge is 0.460 e. The molecule has 1 aromatic rings. The van der Waals surface area contributed by atoms with Crippen molar-refractivity contribution >= 4 is 0 Å². The first-order valence-corrected chi connectivity index (χ1v) is 5.00. The molecule has 1 rings (SSSR count). The van der Waals surface area contributed by atoms with E-state index in [0.717, 1.165) is 25.1 Å². The fraction of sp³-hybridized carbons (Fsp3) is 0.455. The molecule has 0 bridgehead atoms. The van der Waals surface area contributed by atoms with Crippen molar-refractivity contribution in [2.75, 3.05) is 0 Å². The number of halogens is 7. The predicted octanol–water partition coefficient (Wildman–Crippen LogP) is 4.47. The van der Waals surface area contributed by atoms with Gasteiger partial charge in [-0.1, -0.05) is 24.3 Å². The summed E-state index contributed by atoms with van der Waals surface area (Å²) in [6, 6.07) is 3.16. The Labute approximate surface area is 103 Å². The maximum Gasteiger partial charge on any atom is 0.460 e. The van der Waals surface area contributed by atoms with Crippen LogP contribution in [-0.4, -0.2) is 12.1 Å². The number of benzene rings is 1. The molecule has 1 nitrogen and oxygen atoms in total. The Hall–Kier alpha value is -1.31. The Balaban J connectivity index is 3.44. The quantitative estimate of drug-likeness (QED) is 0.732. The molecular formula is C11H8F7O. The molecule has 0 aromatic heterocycles. The third-order valence-electron chi connectivity index (χ3n) is 2.49. The summed E-state index contributed by atoms with van der Waals surface area (Å²) in [6.45, 7) is 0.876. The summed E-state index contributed by atoms with van der Waals surface area (Å²) in [5.41, 5.74) is -2.41. The zero-order valence-corrected chi connectivity index (χ0v) is 9.44. The third kappa shape index (κ3) is 2.54. The highest BCUT2D eigenvalue weighted by molar-refractivity contribution is 5.34. The Kier molecular flexibility index (Phi) is 3.86. The van der Waals surface area contributed by atoms with Gasteiger partial charge >= 0.3 is 18.0 Å². The van der Waals surface area contributed by atoms with Gasteiger partial charge in [0.2, 0.25) is 0 Å². The van der Waals surface area contributed by atoms with Crippen LogP contribution in [0.5, 0.6) is 0 Å². The van der Waals surface area contributed by atoms with Crippen LogP contribution < -0.4 is 0 Å². The molecular weight excluding hydrogens is 281 g/mol. The van der Waals surface area contributed by atoms with Crippen LogP contribution in [0.15, 0.2) is 24.3 Å². The molecule has 0 aliphatic rings. The summed E-state index contributed by atoms with van der Waals surface area (Å²) < 4.78 is 88.7. The lowest BCUT2D eigenvalue weighted by molar-refractivity contribution is -0.359. The second kappa shape index (κ2) is 4.66. The van der Waals surface area contributed by atoms with Gasteiger partial charge in [-0.3, -0.25) is 0 Å². The first-order chi connectivity index (χ1) is 8.43. The minimum atomic E-state index is -6.42. The number of hydrogen-bond donors (Lipinski definition) is 0. The molecule has 8 heteroatoms. The summed E-state index contributed by atoms with van der Waals surface area (Å²) in [5, 5.41) is 11.1. The van der Waals surface area contributed by atoms with Crippen LogP contribution in [0.25, 0.3) is 0 Å². The van der Waals surface area contributed by atoms with Gasteiger partial charge in [0.15, 0.2) is 0 Å². The van der Waals surface area contributed by atoms with Gasteiger partial charge in [-0.25, -0.2) is 5.11 Å².